The monoisotopic (exact) mass is 259 g/mol. The standard InChI is InChI=1S/C15H14ClNO/c1-9-6-11(3)13(7-10(9)2)15(18)14-5-4-12(16)8-17-14/h4-8H,1-3H3. The first-order valence-electron chi connectivity index (χ1n) is 5.73. The highest BCUT2D eigenvalue weighted by Gasteiger charge is 2.14. The van der Waals surface area contributed by atoms with E-state index in [1.54, 1.807) is 12.1 Å². The van der Waals surface area contributed by atoms with Gasteiger partial charge in [-0.1, -0.05) is 17.7 Å². The predicted molar refractivity (Wildman–Crippen MR) is 73.3 cm³/mol. The van der Waals surface area contributed by atoms with Gasteiger partial charge in [0.05, 0.1) is 5.02 Å². The summed E-state index contributed by atoms with van der Waals surface area (Å²) in [5.74, 6) is -0.0627. The zero-order chi connectivity index (χ0) is 13.3. The van der Waals surface area contributed by atoms with Crippen LogP contribution in [0.25, 0.3) is 0 Å². The lowest BCUT2D eigenvalue weighted by Gasteiger charge is -2.08. The van der Waals surface area contributed by atoms with Gasteiger partial charge in [-0.05, 0) is 55.7 Å². The molecule has 3 heteroatoms. The van der Waals surface area contributed by atoms with Crippen LogP contribution in [0.5, 0.6) is 0 Å². The van der Waals surface area contributed by atoms with E-state index in [4.69, 9.17) is 11.6 Å². The minimum Gasteiger partial charge on any atom is -0.287 e. The molecule has 2 aromatic rings. The van der Waals surface area contributed by atoms with E-state index in [-0.39, 0.29) is 5.78 Å². The molecule has 0 radical (unpaired) electrons. The quantitative estimate of drug-likeness (QED) is 0.766. The fourth-order valence-corrected chi connectivity index (χ4v) is 1.97. The number of hydrogen-bond donors (Lipinski definition) is 0. The molecule has 0 saturated heterocycles. The SMILES string of the molecule is Cc1cc(C)c(C(=O)c2ccc(Cl)cn2)cc1C. The van der Waals surface area contributed by atoms with Crippen molar-refractivity contribution in [2.45, 2.75) is 20.8 Å². The van der Waals surface area contributed by atoms with E-state index >= 15 is 0 Å². The van der Waals surface area contributed by atoms with Crippen molar-refractivity contribution in [2.75, 3.05) is 0 Å². The molecule has 0 aliphatic heterocycles. The maximum atomic E-state index is 12.3. The largest absolute Gasteiger partial charge is 0.287 e. The average molecular weight is 260 g/mol. The van der Waals surface area contributed by atoms with E-state index in [1.165, 1.54) is 11.8 Å². The van der Waals surface area contributed by atoms with Gasteiger partial charge < -0.3 is 0 Å². The lowest BCUT2D eigenvalue weighted by atomic mass is 9.97. The van der Waals surface area contributed by atoms with Crippen molar-refractivity contribution in [2.24, 2.45) is 0 Å². The third kappa shape index (κ3) is 2.44. The summed E-state index contributed by atoms with van der Waals surface area (Å²) in [4.78, 5) is 16.4. The molecule has 0 aliphatic carbocycles. The number of halogens is 1. The lowest BCUT2D eigenvalue weighted by Crippen LogP contribution is -2.06. The third-order valence-corrected chi connectivity index (χ3v) is 3.27. The number of aromatic nitrogens is 1. The molecule has 0 spiro atoms. The Labute approximate surface area is 112 Å². The lowest BCUT2D eigenvalue weighted by molar-refractivity contribution is 0.103. The summed E-state index contributed by atoms with van der Waals surface area (Å²) in [5.41, 5.74) is 4.39. The maximum absolute atomic E-state index is 12.3. The van der Waals surface area contributed by atoms with Crippen molar-refractivity contribution in [3.05, 3.63) is 63.4 Å². The molecule has 0 fully saturated rings. The van der Waals surface area contributed by atoms with Gasteiger partial charge in [-0.15, -0.1) is 0 Å². The van der Waals surface area contributed by atoms with Gasteiger partial charge in [-0.3, -0.25) is 9.78 Å². The van der Waals surface area contributed by atoms with E-state index in [0.29, 0.717) is 16.3 Å². The summed E-state index contributed by atoms with van der Waals surface area (Å²) in [5, 5.41) is 0.531. The van der Waals surface area contributed by atoms with E-state index in [2.05, 4.69) is 4.98 Å². The van der Waals surface area contributed by atoms with Crippen molar-refractivity contribution in [3.8, 4) is 0 Å². The summed E-state index contributed by atoms with van der Waals surface area (Å²) in [7, 11) is 0. The molecule has 0 unspecified atom stereocenters. The number of aryl methyl sites for hydroxylation is 3. The second-order valence-corrected chi connectivity index (χ2v) is 4.88. The van der Waals surface area contributed by atoms with Crippen molar-refractivity contribution in [1.82, 2.24) is 4.98 Å². The van der Waals surface area contributed by atoms with Crippen LogP contribution in [0, 0.1) is 20.8 Å². The highest BCUT2D eigenvalue weighted by molar-refractivity contribution is 6.30. The van der Waals surface area contributed by atoms with Crippen LogP contribution in [0.1, 0.15) is 32.7 Å². The van der Waals surface area contributed by atoms with Crippen LogP contribution >= 0.6 is 11.6 Å². The molecule has 0 amide bonds. The van der Waals surface area contributed by atoms with Crippen molar-refractivity contribution in [1.29, 1.82) is 0 Å². The molecule has 0 atom stereocenters. The Bertz CT molecular complexity index is 603. The molecule has 2 nitrogen and oxygen atoms in total. The average Bonchev–Trinajstić information content (AvgIpc) is 2.34. The zero-order valence-corrected chi connectivity index (χ0v) is 11.4. The van der Waals surface area contributed by atoms with Crippen molar-refractivity contribution >= 4 is 17.4 Å². The molecule has 0 saturated carbocycles. The first-order valence-corrected chi connectivity index (χ1v) is 6.11. The van der Waals surface area contributed by atoms with E-state index < -0.39 is 0 Å². The highest BCUT2D eigenvalue weighted by Crippen LogP contribution is 2.18. The number of carbonyl (C=O) groups is 1. The van der Waals surface area contributed by atoms with Crippen LogP contribution in [-0.4, -0.2) is 10.8 Å². The van der Waals surface area contributed by atoms with Gasteiger partial charge in [0.2, 0.25) is 5.78 Å². The van der Waals surface area contributed by atoms with Gasteiger partial charge >= 0.3 is 0 Å². The highest BCUT2D eigenvalue weighted by atomic mass is 35.5. The van der Waals surface area contributed by atoms with Gasteiger partial charge in [-0.2, -0.15) is 0 Å². The van der Waals surface area contributed by atoms with Gasteiger partial charge in [0.25, 0.3) is 0 Å². The Kier molecular flexibility index (Phi) is 3.48. The van der Waals surface area contributed by atoms with Gasteiger partial charge in [0.15, 0.2) is 0 Å². The second kappa shape index (κ2) is 4.91. The number of ketones is 1. The summed E-state index contributed by atoms with van der Waals surface area (Å²) in [6.45, 7) is 5.98. The van der Waals surface area contributed by atoms with Crippen LogP contribution in [0.2, 0.25) is 5.02 Å². The zero-order valence-electron chi connectivity index (χ0n) is 10.6. The number of rotatable bonds is 2. The number of pyridine rings is 1. The summed E-state index contributed by atoms with van der Waals surface area (Å²) < 4.78 is 0. The van der Waals surface area contributed by atoms with Crippen molar-refractivity contribution < 1.29 is 4.79 Å². The molecule has 0 bridgehead atoms. The Hall–Kier alpha value is -1.67. The summed E-state index contributed by atoms with van der Waals surface area (Å²) in [6.07, 6.45) is 1.49. The molecular weight excluding hydrogens is 246 g/mol. The van der Waals surface area contributed by atoms with Gasteiger partial charge in [0, 0.05) is 11.8 Å². The van der Waals surface area contributed by atoms with E-state index in [0.717, 1.165) is 11.1 Å². The van der Waals surface area contributed by atoms with E-state index in [1.807, 2.05) is 32.9 Å². The molecule has 18 heavy (non-hydrogen) atoms. The molecule has 0 N–H and O–H groups in total. The maximum Gasteiger partial charge on any atom is 0.211 e. The molecule has 0 aliphatic rings. The minimum absolute atomic E-state index is 0.0627. The minimum atomic E-state index is -0.0627. The van der Waals surface area contributed by atoms with Gasteiger partial charge in [-0.25, -0.2) is 0 Å². The number of nitrogens with zero attached hydrogens (tertiary/aromatic N) is 1. The Morgan fingerprint density at radius 1 is 1.06 bits per heavy atom. The van der Waals surface area contributed by atoms with Crippen LogP contribution in [0.15, 0.2) is 30.5 Å². The summed E-state index contributed by atoms with van der Waals surface area (Å²) >= 11 is 5.77. The Balaban J connectivity index is 2.46. The van der Waals surface area contributed by atoms with Crippen LogP contribution in [0.4, 0.5) is 0 Å². The van der Waals surface area contributed by atoms with Crippen LogP contribution in [-0.2, 0) is 0 Å². The molecular formula is C15H14ClNO. The predicted octanol–water partition coefficient (Wildman–Crippen LogP) is 3.89. The van der Waals surface area contributed by atoms with Gasteiger partial charge in [0.1, 0.15) is 5.69 Å². The van der Waals surface area contributed by atoms with Crippen molar-refractivity contribution in [3.63, 3.8) is 0 Å². The molecule has 2 rings (SSSR count). The Morgan fingerprint density at radius 2 is 1.72 bits per heavy atom. The van der Waals surface area contributed by atoms with Crippen LogP contribution < -0.4 is 0 Å². The fraction of sp³-hybridized carbons (Fsp3) is 0.200. The number of carbonyl (C=O) groups excluding carboxylic acids is 1. The molecule has 92 valence electrons. The molecule has 1 aromatic carbocycles. The third-order valence-electron chi connectivity index (χ3n) is 3.05. The number of hydrogen-bond acceptors (Lipinski definition) is 2. The summed E-state index contributed by atoms with van der Waals surface area (Å²) in [6, 6.07) is 7.28. The molecule has 1 aromatic heterocycles. The first kappa shape index (κ1) is 12.8. The fourth-order valence-electron chi connectivity index (χ4n) is 1.85. The molecule has 1 heterocycles. The second-order valence-electron chi connectivity index (χ2n) is 4.44. The first-order chi connectivity index (χ1) is 8.49. The van der Waals surface area contributed by atoms with Crippen LogP contribution in [0.3, 0.4) is 0 Å². The Morgan fingerprint density at radius 3 is 2.33 bits per heavy atom. The number of benzene rings is 1. The van der Waals surface area contributed by atoms with E-state index in [9.17, 15) is 4.79 Å². The smallest absolute Gasteiger partial charge is 0.211 e. The normalized spacial score (nSPS) is 10.4. The topological polar surface area (TPSA) is 30.0 Å².